The van der Waals surface area contributed by atoms with Crippen molar-refractivity contribution in [3.63, 3.8) is 0 Å². The quantitative estimate of drug-likeness (QED) is 0.703. The highest BCUT2D eigenvalue weighted by Crippen LogP contribution is 2.35. The van der Waals surface area contributed by atoms with E-state index in [1.165, 1.54) is 16.4 Å². The number of nitrogens with two attached hydrogens (primary N) is 1. The SMILES string of the molecule is Nc1cc(Br)c(S(=O)(=O)N2CCOCC2CO)c(Br)c1. The largest absolute Gasteiger partial charge is 0.399 e. The van der Waals surface area contributed by atoms with Gasteiger partial charge in [-0.25, -0.2) is 8.42 Å². The number of hydrogen-bond donors (Lipinski definition) is 2. The van der Waals surface area contributed by atoms with Crippen LogP contribution in [-0.4, -0.2) is 50.2 Å². The summed E-state index contributed by atoms with van der Waals surface area (Å²) in [6, 6.07) is 2.49. The highest BCUT2D eigenvalue weighted by molar-refractivity contribution is 9.11. The number of sulfonamides is 1. The molecule has 1 unspecified atom stereocenters. The molecule has 0 saturated carbocycles. The molecule has 0 amide bonds. The number of aliphatic hydroxyl groups is 1. The summed E-state index contributed by atoms with van der Waals surface area (Å²) >= 11 is 6.47. The summed E-state index contributed by atoms with van der Waals surface area (Å²) in [7, 11) is -3.76. The van der Waals surface area contributed by atoms with E-state index in [0.717, 1.165) is 0 Å². The number of aliphatic hydroxyl groups excluding tert-OH is 1. The smallest absolute Gasteiger partial charge is 0.245 e. The molecule has 1 fully saturated rings. The summed E-state index contributed by atoms with van der Waals surface area (Å²) in [6.45, 7) is 0.403. The van der Waals surface area contributed by atoms with Crippen LogP contribution in [0.15, 0.2) is 26.0 Å². The van der Waals surface area contributed by atoms with E-state index in [4.69, 9.17) is 10.5 Å². The van der Waals surface area contributed by atoms with E-state index in [9.17, 15) is 13.5 Å². The predicted octanol–water partition coefficient (Wildman–Crippen LogP) is 1.18. The Hall–Kier alpha value is -0.190. The lowest BCUT2D eigenvalue weighted by atomic mass is 10.3. The maximum absolute atomic E-state index is 12.8. The van der Waals surface area contributed by atoms with Gasteiger partial charge in [0, 0.05) is 21.2 Å². The highest BCUT2D eigenvalue weighted by atomic mass is 79.9. The molecule has 1 aliphatic heterocycles. The van der Waals surface area contributed by atoms with Gasteiger partial charge in [-0.15, -0.1) is 0 Å². The van der Waals surface area contributed by atoms with Gasteiger partial charge in [0.05, 0.1) is 25.9 Å². The zero-order valence-corrected chi connectivity index (χ0v) is 14.4. The maximum Gasteiger partial charge on any atom is 0.245 e. The Morgan fingerprint density at radius 2 is 2.00 bits per heavy atom. The Morgan fingerprint density at radius 3 is 2.55 bits per heavy atom. The third kappa shape index (κ3) is 3.02. The molecule has 0 bridgehead atoms. The molecule has 1 heterocycles. The molecule has 2 rings (SSSR count). The Labute approximate surface area is 134 Å². The van der Waals surface area contributed by atoms with Crippen LogP contribution < -0.4 is 5.73 Å². The molecule has 20 heavy (non-hydrogen) atoms. The number of anilines is 1. The first-order valence-electron chi connectivity index (χ1n) is 5.83. The van der Waals surface area contributed by atoms with Crippen molar-refractivity contribution in [1.29, 1.82) is 0 Å². The van der Waals surface area contributed by atoms with Crippen LogP contribution in [0.25, 0.3) is 0 Å². The number of rotatable bonds is 3. The minimum Gasteiger partial charge on any atom is -0.399 e. The van der Waals surface area contributed by atoms with E-state index in [-0.39, 0.29) is 24.7 Å². The Balaban J connectivity index is 2.49. The van der Waals surface area contributed by atoms with Crippen LogP contribution in [0.4, 0.5) is 5.69 Å². The van der Waals surface area contributed by atoms with Crippen molar-refractivity contribution in [2.24, 2.45) is 0 Å². The summed E-state index contributed by atoms with van der Waals surface area (Å²) in [4.78, 5) is 0.104. The van der Waals surface area contributed by atoms with Crippen molar-refractivity contribution >= 4 is 47.6 Å². The van der Waals surface area contributed by atoms with Gasteiger partial charge in [-0.05, 0) is 44.0 Å². The van der Waals surface area contributed by atoms with E-state index in [1.54, 1.807) is 0 Å². The molecule has 0 aliphatic carbocycles. The lowest BCUT2D eigenvalue weighted by Crippen LogP contribution is -2.50. The third-order valence-corrected chi connectivity index (χ3v) is 6.80. The van der Waals surface area contributed by atoms with Crippen LogP contribution in [0, 0.1) is 0 Å². The van der Waals surface area contributed by atoms with Gasteiger partial charge < -0.3 is 15.6 Å². The Morgan fingerprint density at radius 1 is 1.40 bits per heavy atom. The zero-order chi connectivity index (χ0) is 14.9. The van der Waals surface area contributed by atoms with Gasteiger partial charge in [-0.3, -0.25) is 0 Å². The average Bonchev–Trinajstić information content (AvgIpc) is 2.37. The Kier molecular flexibility index (Phi) is 5.09. The molecule has 1 atom stereocenters. The lowest BCUT2D eigenvalue weighted by molar-refractivity contribution is 0.0109. The zero-order valence-electron chi connectivity index (χ0n) is 10.4. The second-order valence-electron chi connectivity index (χ2n) is 4.34. The van der Waals surface area contributed by atoms with Crippen LogP contribution in [0.3, 0.4) is 0 Å². The standard InChI is InChI=1S/C11H14Br2N2O4S/c12-9-3-7(14)4-10(13)11(9)20(17,18)15-1-2-19-6-8(15)5-16/h3-4,8,16H,1-2,5-6,14H2. The van der Waals surface area contributed by atoms with Crippen molar-refractivity contribution in [3.05, 3.63) is 21.1 Å². The first-order valence-corrected chi connectivity index (χ1v) is 8.85. The monoisotopic (exact) mass is 428 g/mol. The van der Waals surface area contributed by atoms with Crippen molar-refractivity contribution in [1.82, 2.24) is 4.31 Å². The van der Waals surface area contributed by atoms with Gasteiger partial charge >= 0.3 is 0 Å². The molecule has 9 heteroatoms. The van der Waals surface area contributed by atoms with Crippen LogP contribution in [0.5, 0.6) is 0 Å². The normalized spacial score (nSPS) is 21.1. The molecule has 0 radical (unpaired) electrons. The second-order valence-corrected chi connectivity index (χ2v) is 7.88. The molecule has 0 spiro atoms. The van der Waals surface area contributed by atoms with Crippen molar-refractivity contribution in [2.75, 3.05) is 32.1 Å². The fraction of sp³-hybridized carbons (Fsp3) is 0.455. The number of hydrogen-bond acceptors (Lipinski definition) is 5. The number of halogens is 2. The van der Waals surface area contributed by atoms with Gasteiger partial charge in [-0.1, -0.05) is 0 Å². The number of benzene rings is 1. The van der Waals surface area contributed by atoms with Gasteiger partial charge in [0.15, 0.2) is 0 Å². The van der Waals surface area contributed by atoms with E-state index in [2.05, 4.69) is 31.9 Å². The topological polar surface area (TPSA) is 92.9 Å². The first-order chi connectivity index (χ1) is 9.37. The molecular formula is C11H14Br2N2O4S. The molecule has 3 N–H and O–H groups in total. The average molecular weight is 430 g/mol. The molecule has 1 aliphatic rings. The summed E-state index contributed by atoms with van der Waals surface area (Å²) < 4.78 is 32.8. The highest BCUT2D eigenvalue weighted by Gasteiger charge is 2.36. The minimum absolute atomic E-state index is 0.104. The number of nitrogens with zero attached hydrogens (tertiary/aromatic N) is 1. The van der Waals surface area contributed by atoms with E-state index < -0.39 is 16.1 Å². The van der Waals surface area contributed by atoms with Crippen molar-refractivity contribution < 1.29 is 18.3 Å². The van der Waals surface area contributed by atoms with Crippen LogP contribution in [-0.2, 0) is 14.8 Å². The third-order valence-electron chi connectivity index (χ3n) is 2.97. The number of ether oxygens (including phenoxy) is 1. The van der Waals surface area contributed by atoms with Crippen LogP contribution in [0.1, 0.15) is 0 Å². The minimum atomic E-state index is -3.76. The van der Waals surface area contributed by atoms with E-state index >= 15 is 0 Å². The molecule has 112 valence electrons. The summed E-state index contributed by atoms with van der Waals surface area (Å²) in [5, 5.41) is 9.32. The van der Waals surface area contributed by atoms with Crippen LogP contribution in [0.2, 0.25) is 0 Å². The molecule has 6 nitrogen and oxygen atoms in total. The van der Waals surface area contributed by atoms with Crippen molar-refractivity contribution in [2.45, 2.75) is 10.9 Å². The molecule has 1 aromatic carbocycles. The maximum atomic E-state index is 12.8. The van der Waals surface area contributed by atoms with Gasteiger partial charge in [0.2, 0.25) is 10.0 Å². The summed E-state index contributed by atoms with van der Waals surface area (Å²) in [5.74, 6) is 0. The second kappa shape index (κ2) is 6.29. The lowest BCUT2D eigenvalue weighted by Gasteiger charge is -2.33. The fourth-order valence-corrected chi connectivity index (χ4v) is 6.17. The Bertz CT molecular complexity index is 585. The molecular weight excluding hydrogens is 416 g/mol. The molecule has 0 aromatic heterocycles. The van der Waals surface area contributed by atoms with Crippen LogP contribution >= 0.6 is 31.9 Å². The van der Waals surface area contributed by atoms with E-state index in [0.29, 0.717) is 21.2 Å². The van der Waals surface area contributed by atoms with Gasteiger partial charge in [0.1, 0.15) is 4.90 Å². The number of morpholine rings is 1. The molecule has 1 saturated heterocycles. The van der Waals surface area contributed by atoms with Gasteiger partial charge in [-0.2, -0.15) is 4.31 Å². The van der Waals surface area contributed by atoms with Crippen molar-refractivity contribution in [3.8, 4) is 0 Å². The fourth-order valence-electron chi connectivity index (χ4n) is 2.04. The molecule has 1 aromatic rings. The first kappa shape index (κ1) is 16.2. The summed E-state index contributed by atoms with van der Waals surface area (Å²) in [5.41, 5.74) is 6.12. The predicted molar refractivity (Wildman–Crippen MR) is 81.8 cm³/mol. The van der Waals surface area contributed by atoms with E-state index in [1.807, 2.05) is 0 Å². The number of nitrogen functional groups attached to an aromatic ring is 1. The summed E-state index contributed by atoms with van der Waals surface area (Å²) in [6.07, 6.45) is 0. The van der Waals surface area contributed by atoms with Gasteiger partial charge in [0.25, 0.3) is 0 Å².